The van der Waals surface area contributed by atoms with Crippen LogP contribution in [0.15, 0.2) is 0 Å². The molecule has 1 atom stereocenters. The van der Waals surface area contributed by atoms with Crippen LogP contribution in [0.3, 0.4) is 0 Å². The number of nitriles is 1. The lowest BCUT2D eigenvalue weighted by atomic mass is 9.81. The monoisotopic (exact) mass is 224 g/mol. The van der Waals surface area contributed by atoms with Crippen molar-refractivity contribution in [3.05, 3.63) is 0 Å². The van der Waals surface area contributed by atoms with Crippen molar-refractivity contribution in [3.8, 4) is 6.07 Å². The van der Waals surface area contributed by atoms with Crippen LogP contribution in [0.25, 0.3) is 0 Å². The van der Waals surface area contributed by atoms with Crippen molar-refractivity contribution < 1.29 is 4.79 Å². The third kappa shape index (κ3) is 3.23. The molecular weight excluding hydrogens is 200 g/mol. The lowest BCUT2D eigenvalue weighted by molar-refractivity contribution is -0.129. The second kappa shape index (κ2) is 5.34. The predicted molar refractivity (Wildman–Crippen MR) is 65.7 cm³/mol. The topological polar surface area (TPSA) is 52.9 Å². The van der Waals surface area contributed by atoms with E-state index in [-0.39, 0.29) is 17.4 Å². The zero-order valence-corrected chi connectivity index (χ0v) is 11.3. The van der Waals surface area contributed by atoms with Crippen LogP contribution in [0, 0.1) is 22.2 Å². The molecule has 0 aromatic carbocycles. The van der Waals surface area contributed by atoms with Gasteiger partial charge >= 0.3 is 0 Å². The predicted octanol–water partition coefficient (Wildman–Crippen LogP) is 2.87. The molecule has 92 valence electrons. The van der Waals surface area contributed by atoms with E-state index < -0.39 is 5.41 Å². The standard InChI is InChI=1S/C13H24N2O/c1-7-13(8-2,9-14)11(16)15-10(3)12(4,5)6/h10H,7-8H2,1-6H3,(H,15,16). The summed E-state index contributed by atoms with van der Waals surface area (Å²) in [5.41, 5.74) is -0.849. The van der Waals surface area contributed by atoms with E-state index in [1.807, 2.05) is 20.8 Å². The van der Waals surface area contributed by atoms with Crippen molar-refractivity contribution in [3.63, 3.8) is 0 Å². The van der Waals surface area contributed by atoms with Crippen LogP contribution in [0.1, 0.15) is 54.4 Å². The maximum atomic E-state index is 12.1. The van der Waals surface area contributed by atoms with Gasteiger partial charge in [-0.25, -0.2) is 0 Å². The van der Waals surface area contributed by atoms with E-state index in [0.717, 1.165) is 0 Å². The van der Waals surface area contributed by atoms with E-state index in [0.29, 0.717) is 12.8 Å². The molecule has 3 nitrogen and oxygen atoms in total. The largest absolute Gasteiger partial charge is 0.352 e. The van der Waals surface area contributed by atoms with E-state index in [1.165, 1.54) is 0 Å². The second-order valence-electron chi connectivity index (χ2n) is 5.46. The van der Waals surface area contributed by atoms with Crippen LogP contribution < -0.4 is 5.32 Å². The minimum atomic E-state index is -0.862. The highest BCUT2D eigenvalue weighted by atomic mass is 16.2. The van der Waals surface area contributed by atoms with Crippen LogP contribution in [-0.2, 0) is 4.79 Å². The van der Waals surface area contributed by atoms with Gasteiger partial charge in [-0.2, -0.15) is 5.26 Å². The van der Waals surface area contributed by atoms with Crippen molar-refractivity contribution in [2.24, 2.45) is 10.8 Å². The fourth-order valence-electron chi connectivity index (χ4n) is 1.33. The number of carbonyl (C=O) groups is 1. The van der Waals surface area contributed by atoms with Gasteiger partial charge in [0.15, 0.2) is 0 Å². The lowest BCUT2D eigenvalue weighted by Crippen LogP contribution is -2.48. The van der Waals surface area contributed by atoms with Gasteiger partial charge in [-0.15, -0.1) is 0 Å². The van der Waals surface area contributed by atoms with Gasteiger partial charge in [0.25, 0.3) is 0 Å². The zero-order valence-electron chi connectivity index (χ0n) is 11.3. The molecule has 0 fully saturated rings. The first-order chi connectivity index (χ1) is 7.23. The summed E-state index contributed by atoms with van der Waals surface area (Å²) >= 11 is 0. The van der Waals surface area contributed by atoms with E-state index in [1.54, 1.807) is 0 Å². The molecule has 0 aromatic heterocycles. The van der Waals surface area contributed by atoms with Gasteiger partial charge in [0.1, 0.15) is 5.41 Å². The average molecular weight is 224 g/mol. The number of nitrogens with zero attached hydrogens (tertiary/aromatic N) is 1. The molecule has 1 amide bonds. The van der Waals surface area contributed by atoms with Crippen molar-refractivity contribution >= 4 is 5.91 Å². The summed E-state index contributed by atoms with van der Waals surface area (Å²) in [5.74, 6) is -0.137. The first kappa shape index (κ1) is 15.0. The Bertz CT molecular complexity index is 279. The first-order valence-corrected chi connectivity index (χ1v) is 5.95. The molecule has 0 aliphatic heterocycles. The molecule has 1 unspecified atom stereocenters. The number of amides is 1. The van der Waals surface area contributed by atoms with Gasteiger partial charge in [0.2, 0.25) is 5.91 Å². The molecule has 0 radical (unpaired) electrons. The summed E-state index contributed by atoms with van der Waals surface area (Å²) < 4.78 is 0. The van der Waals surface area contributed by atoms with Crippen LogP contribution in [0.5, 0.6) is 0 Å². The van der Waals surface area contributed by atoms with Crippen molar-refractivity contribution in [1.29, 1.82) is 5.26 Å². The molecule has 16 heavy (non-hydrogen) atoms. The third-order valence-corrected chi connectivity index (χ3v) is 3.50. The van der Waals surface area contributed by atoms with Crippen LogP contribution in [-0.4, -0.2) is 11.9 Å². The SMILES string of the molecule is CCC(C#N)(CC)C(=O)NC(C)C(C)(C)C. The van der Waals surface area contributed by atoms with E-state index in [9.17, 15) is 4.79 Å². The Morgan fingerprint density at radius 1 is 1.31 bits per heavy atom. The van der Waals surface area contributed by atoms with Crippen molar-refractivity contribution in [2.75, 3.05) is 0 Å². The summed E-state index contributed by atoms with van der Waals surface area (Å²) in [6.07, 6.45) is 1.12. The summed E-state index contributed by atoms with van der Waals surface area (Å²) in [6.45, 7) is 12.0. The van der Waals surface area contributed by atoms with Gasteiger partial charge in [-0.3, -0.25) is 4.79 Å². The Labute approximate surface area is 99.2 Å². The summed E-state index contributed by atoms with van der Waals surface area (Å²) in [5, 5.41) is 12.1. The smallest absolute Gasteiger partial charge is 0.240 e. The average Bonchev–Trinajstić information content (AvgIpc) is 2.19. The normalized spacial score (nSPS) is 14.1. The number of hydrogen-bond donors (Lipinski definition) is 1. The zero-order chi connectivity index (χ0) is 13.0. The minimum absolute atomic E-state index is 0.0122. The van der Waals surface area contributed by atoms with E-state index in [4.69, 9.17) is 5.26 Å². The molecule has 0 aromatic rings. The molecule has 0 spiro atoms. The minimum Gasteiger partial charge on any atom is -0.352 e. The highest BCUT2D eigenvalue weighted by molar-refractivity contribution is 5.85. The van der Waals surface area contributed by atoms with Crippen molar-refractivity contribution in [1.82, 2.24) is 5.32 Å². The molecule has 1 N–H and O–H groups in total. The van der Waals surface area contributed by atoms with E-state index in [2.05, 4.69) is 32.2 Å². The van der Waals surface area contributed by atoms with E-state index >= 15 is 0 Å². The highest BCUT2D eigenvalue weighted by Gasteiger charge is 2.36. The maximum Gasteiger partial charge on any atom is 0.240 e. The van der Waals surface area contributed by atoms with Crippen LogP contribution >= 0.6 is 0 Å². The van der Waals surface area contributed by atoms with Crippen molar-refractivity contribution in [2.45, 2.75) is 60.4 Å². The molecule has 0 aliphatic rings. The molecule has 0 saturated heterocycles. The number of nitrogens with one attached hydrogen (secondary N) is 1. The molecule has 0 aliphatic carbocycles. The Kier molecular flexibility index (Phi) is 4.99. The maximum absolute atomic E-state index is 12.1. The van der Waals surface area contributed by atoms with Gasteiger partial charge in [-0.05, 0) is 25.2 Å². The first-order valence-electron chi connectivity index (χ1n) is 5.95. The van der Waals surface area contributed by atoms with Gasteiger partial charge < -0.3 is 5.32 Å². The molecule has 0 rings (SSSR count). The third-order valence-electron chi connectivity index (χ3n) is 3.50. The quantitative estimate of drug-likeness (QED) is 0.798. The Morgan fingerprint density at radius 2 is 1.75 bits per heavy atom. The summed E-state index contributed by atoms with van der Waals surface area (Å²) in [6, 6.07) is 2.22. The Hall–Kier alpha value is -1.04. The molecule has 0 heterocycles. The molecule has 0 saturated carbocycles. The molecule has 3 heteroatoms. The van der Waals surface area contributed by atoms with Gasteiger partial charge in [0, 0.05) is 6.04 Å². The van der Waals surface area contributed by atoms with Gasteiger partial charge in [-0.1, -0.05) is 34.6 Å². The lowest BCUT2D eigenvalue weighted by Gasteiger charge is -2.31. The van der Waals surface area contributed by atoms with Gasteiger partial charge in [0.05, 0.1) is 6.07 Å². The molecular formula is C13H24N2O. The number of rotatable bonds is 4. The highest BCUT2D eigenvalue weighted by Crippen LogP contribution is 2.27. The van der Waals surface area contributed by atoms with Crippen LogP contribution in [0.4, 0.5) is 0 Å². The number of carbonyl (C=O) groups excluding carboxylic acids is 1. The fourth-order valence-corrected chi connectivity index (χ4v) is 1.33. The Morgan fingerprint density at radius 3 is 2.00 bits per heavy atom. The van der Waals surface area contributed by atoms with Crippen LogP contribution in [0.2, 0.25) is 0 Å². The summed E-state index contributed by atoms with van der Waals surface area (Å²) in [7, 11) is 0. The second-order valence-corrected chi connectivity index (χ2v) is 5.46. The number of hydrogen-bond acceptors (Lipinski definition) is 2. The summed E-state index contributed by atoms with van der Waals surface area (Å²) in [4.78, 5) is 12.1. The fraction of sp³-hybridized carbons (Fsp3) is 0.846. The molecule has 0 bridgehead atoms. The Balaban J connectivity index is 4.76.